The molecule has 5 heterocycles. The van der Waals surface area contributed by atoms with Crippen LogP contribution in [0.4, 0.5) is 10.6 Å². The minimum absolute atomic E-state index is 0.0233. The van der Waals surface area contributed by atoms with Gasteiger partial charge in [0.25, 0.3) is 0 Å². The highest BCUT2D eigenvalue weighted by Crippen LogP contribution is 2.43. The molecule has 2 amide bonds. The van der Waals surface area contributed by atoms with E-state index >= 15 is 0 Å². The molecule has 8 nitrogen and oxygen atoms in total. The zero-order chi connectivity index (χ0) is 22.6. The third-order valence-corrected chi connectivity index (χ3v) is 7.31. The van der Waals surface area contributed by atoms with Crippen LogP contribution in [0, 0.1) is 11.3 Å². The maximum Gasteiger partial charge on any atom is 0.320 e. The molecule has 0 N–H and O–H groups in total. The van der Waals surface area contributed by atoms with Crippen LogP contribution in [0.3, 0.4) is 0 Å². The number of hydrogen-bond acceptors (Lipinski definition) is 6. The van der Waals surface area contributed by atoms with Crippen LogP contribution >= 0.6 is 0 Å². The molecule has 33 heavy (non-hydrogen) atoms. The standard InChI is InChI=1S/C25H29N5O3/c1-3-18-6-8-19-11-30(17(2)12-32-20(19)9-7-18)24(31)29-15-25(16-29)13-28(14-25)23-22-21(33-27-23)5-4-10-26-22/h4-10,17-18H,3,11-16H2,1-2H3. The van der Waals surface area contributed by atoms with Crippen LogP contribution in [0.15, 0.2) is 58.5 Å². The lowest BCUT2D eigenvalue weighted by Gasteiger charge is -2.60. The summed E-state index contributed by atoms with van der Waals surface area (Å²) >= 11 is 0. The van der Waals surface area contributed by atoms with Crippen molar-refractivity contribution in [2.24, 2.45) is 11.3 Å². The van der Waals surface area contributed by atoms with Gasteiger partial charge in [-0.3, -0.25) is 0 Å². The van der Waals surface area contributed by atoms with Crippen molar-refractivity contribution in [1.29, 1.82) is 0 Å². The Kier molecular flexibility index (Phi) is 4.71. The number of urea groups is 1. The third kappa shape index (κ3) is 3.39. The van der Waals surface area contributed by atoms with Gasteiger partial charge >= 0.3 is 6.03 Å². The zero-order valence-corrected chi connectivity index (χ0v) is 19.1. The van der Waals surface area contributed by atoms with E-state index < -0.39 is 0 Å². The number of carbonyl (C=O) groups is 1. The molecule has 6 rings (SSSR count). The first kappa shape index (κ1) is 20.3. The minimum Gasteiger partial charge on any atom is -0.491 e. The molecular weight excluding hydrogens is 418 g/mol. The van der Waals surface area contributed by atoms with Gasteiger partial charge in [-0.25, -0.2) is 9.78 Å². The molecular formula is C25H29N5O3. The molecule has 0 aromatic carbocycles. The summed E-state index contributed by atoms with van der Waals surface area (Å²) in [5.41, 5.74) is 2.73. The number of aromatic nitrogens is 2. The second kappa shape index (κ2) is 7.64. The van der Waals surface area contributed by atoms with E-state index in [1.807, 2.05) is 21.9 Å². The first-order valence-corrected chi connectivity index (χ1v) is 11.8. The number of anilines is 1. The Bertz CT molecular complexity index is 1170. The van der Waals surface area contributed by atoms with Crippen LogP contribution in [0.25, 0.3) is 11.1 Å². The molecule has 1 spiro atoms. The van der Waals surface area contributed by atoms with Gasteiger partial charge in [0.1, 0.15) is 12.4 Å². The lowest BCUT2D eigenvalue weighted by Crippen LogP contribution is -2.74. The van der Waals surface area contributed by atoms with Crippen LogP contribution in [-0.2, 0) is 4.74 Å². The van der Waals surface area contributed by atoms with Gasteiger partial charge in [-0.15, -0.1) is 0 Å². The molecule has 2 aromatic heterocycles. The number of rotatable bonds is 2. The molecule has 4 aliphatic rings. The van der Waals surface area contributed by atoms with Crippen molar-refractivity contribution < 1.29 is 14.1 Å². The number of carbonyl (C=O) groups excluding carboxylic acids is 1. The fourth-order valence-electron chi connectivity index (χ4n) is 5.31. The van der Waals surface area contributed by atoms with E-state index in [1.165, 1.54) is 0 Å². The molecule has 8 heteroatoms. The van der Waals surface area contributed by atoms with Crippen molar-refractivity contribution in [2.75, 3.05) is 44.2 Å². The zero-order valence-electron chi connectivity index (χ0n) is 19.1. The number of hydrogen-bond donors (Lipinski definition) is 0. The van der Waals surface area contributed by atoms with Crippen LogP contribution in [0.1, 0.15) is 20.3 Å². The van der Waals surface area contributed by atoms with E-state index in [4.69, 9.17) is 9.26 Å². The molecule has 2 atom stereocenters. The van der Waals surface area contributed by atoms with Gasteiger partial charge in [0.2, 0.25) is 0 Å². The summed E-state index contributed by atoms with van der Waals surface area (Å²) in [5.74, 6) is 2.11. The van der Waals surface area contributed by atoms with E-state index in [-0.39, 0.29) is 17.5 Å². The van der Waals surface area contributed by atoms with Crippen molar-refractivity contribution in [2.45, 2.75) is 26.3 Å². The van der Waals surface area contributed by atoms with Gasteiger partial charge in [-0.05, 0) is 37.5 Å². The lowest BCUT2D eigenvalue weighted by molar-refractivity contribution is -0.00852. The van der Waals surface area contributed by atoms with Gasteiger partial charge in [0, 0.05) is 43.4 Å². The minimum atomic E-state index is 0.0233. The van der Waals surface area contributed by atoms with E-state index in [1.54, 1.807) is 6.20 Å². The van der Waals surface area contributed by atoms with Crippen molar-refractivity contribution in [3.8, 4) is 0 Å². The lowest BCUT2D eigenvalue weighted by atomic mass is 9.73. The van der Waals surface area contributed by atoms with Crippen LogP contribution in [0.2, 0.25) is 0 Å². The van der Waals surface area contributed by atoms with Crippen LogP contribution in [0.5, 0.6) is 0 Å². The highest BCUT2D eigenvalue weighted by Gasteiger charge is 2.55. The Morgan fingerprint density at radius 1 is 1.21 bits per heavy atom. The number of ether oxygens (including phenoxy) is 1. The van der Waals surface area contributed by atoms with Gasteiger partial charge < -0.3 is 24.0 Å². The molecule has 0 bridgehead atoms. The van der Waals surface area contributed by atoms with Crippen molar-refractivity contribution >= 4 is 22.9 Å². The Balaban J connectivity index is 1.10. The van der Waals surface area contributed by atoms with Gasteiger partial charge in [-0.1, -0.05) is 30.3 Å². The van der Waals surface area contributed by atoms with Gasteiger partial charge in [0.15, 0.2) is 16.9 Å². The van der Waals surface area contributed by atoms with Crippen molar-refractivity contribution in [3.63, 3.8) is 0 Å². The van der Waals surface area contributed by atoms with Crippen molar-refractivity contribution in [1.82, 2.24) is 19.9 Å². The van der Waals surface area contributed by atoms with Crippen LogP contribution in [-0.4, -0.2) is 71.3 Å². The molecule has 2 aromatic rings. The number of pyridine rings is 1. The second-order valence-electron chi connectivity index (χ2n) is 9.82. The highest BCUT2D eigenvalue weighted by atomic mass is 16.5. The molecule has 1 aliphatic carbocycles. The Hall–Kier alpha value is -3.29. The number of amides is 2. The first-order valence-electron chi connectivity index (χ1n) is 11.8. The fraction of sp³-hybridized carbons (Fsp3) is 0.480. The molecule has 0 radical (unpaired) electrons. The van der Waals surface area contributed by atoms with E-state index in [0.29, 0.717) is 24.7 Å². The first-order chi connectivity index (χ1) is 16.0. The predicted molar refractivity (Wildman–Crippen MR) is 125 cm³/mol. The number of allylic oxidation sites excluding steroid dienone is 3. The monoisotopic (exact) mass is 447 g/mol. The molecule has 2 fully saturated rings. The summed E-state index contributed by atoms with van der Waals surface area (Å²) in [6.45, 7) is 8.62. The average molecular weight is 448 g/mol. The fourth-order valence-corrected chi connectivity index (χ4v) is 5.31. The Labute approximate surface area is 193 Å². The maximum atomic E-state index is 13.4. The average Bonchev–Trinajstić information content (AvgIpc) is 2.99. The van der Waals surface area contributed by atoms with Crippen molar-refractivity contribution in [3.05, 3.63) is 54.0 Å². The molecule has 2 unspecified atom stereocenters. The predicted octanol–water partition coefficient (Wildman–Crippen LogP) is 3.59. The summed E-state index contributed by atoms with van der Waals surface area (Å²) < 4.78 is 11.5. The largest absolute Gasteiger partial charge is 0.491 e. The SMILES string of the molecule is CCC1C=CC2=C(C=C1)OCC(C)N(C(=O)N1CC3(C1)CN(c1noc4cccnc14)C3)C2. The van der Waals surface area contributed by atoms with E-state index in [0.717, 1.165) is 55.3 Å². The smallest absolute Gasteiger partial charge is 0.320 e. The maximum absolute atomic E-state index is 13.4. The van der Waals surface area contributed by atoms with E-state index in [2.05, 4.69) is 53.2 Å². The van der Waals surface area contributed by atoms with Gasteiger partial charge in [0.05, 0.1) is 12.6 Å². The molecule has 3 aliphatic heterocycles. The van der Waals surface area contributed by atoms with Gasteiger partial charge in [-0.2, -0.15) is 0 Å². The topological polar surface area (TPSA) is 74.9 Å². The quantitative estimate of drug-likeness (QED) is 0.700. The third-order valence-electron chi connectivity index (χ3n) is 7.31. The molecule has 2 saturated heterocycles. The molecule has 172 valence electrons. The van der Waals surface area contributed by atoms with Crippen LogP contribution < -0.4 is 4.90 Å². The molecule has 0 saturated carbocycles. The highest BCUT2D eigenvalue weighted by molar-refractivity contribution is 5.85. The summed E-state index contributed by atoms with van der Waals surface area (Å²) in [6, 6.07) is 3.86. The number of likely N-dealkylation sites (tertiary alicyclic amines) is 1. The summed E-state index contributed by atoms with van der Waals surface area (Å²) in [6.07, 6.45) is 11.4. The Morgan fingerprint density at radius 2 is 2.03 bits per heavy atom. The number of fused-ring (bicyclic) bond motifs is 1. The summed E-state index contributed by atoms with van der Waals surface area (Å²) in [7, 11) is 0. The summed E-state index contributed by atoms with van der Waals surface area (Å²) in [4.78, 5) is 24.0. The number of nitrogens with zero attached hydrogens (tertiary/aromatic N) is 5. The second-order valence-corrected chi connectivity index (χ2v) is 9.82. The summed E-state index contributed by atoms with van der Waals surface area (Å²) in [5, 5.41) is 4.22. The normalized spacial score (nSPS) is 25.9. The van der Waals surface area contributed by atoms with E-state index in [9.17, 15) is 4.79 Å². The Morgan fingerprint density at radius 3 is 2.85 bits per heavy atom.